The van der Waals surface area contributed by atoms with Crippen LogP contribution in [-0.2, 0) is 19.5 Å². The Morgan fingerprint density at radius 1 is 1.38 bits per heavy atom. The van der Waals surface area contributed by atoms with Gasteiger partial charge in [0.15, 0.2) is 0 Å². The van der Waals surface area contributed by atoms with Crippen molar-refractivity contribution < 1.29 is 0 Å². The Bertz CT molecular complexity index is 714. The number of thiophene rings is 2. The summed E-state index contributed by atoms with van der Waals surface area (Å²) in [6, 6.07) is 7.07. The zero-order valence-electron chi connectivity index (χ0n) is 11.5. The third kappa shape index (κ3) is 2.79. The van der Waals surface area contributed by atoms with Gasteiger partial charge in [0, 0.05) is 34.3 Å². The normalized spacial score (nSPS) is 17.8. The van der Waals surface area contributed by atoms with Crippen molar-refractivity contribution in [3.63, 3.8) is 0 Å². The van der Waals surface area contributed by atoms with Gasteiger partial charge in [-0.2, -0.15) is 5.10 Å². The highest BCUT2D eigenvalue weighted by Gasteiger charge is 2.19. The summed E-state index contributed by atoms with van der Waals surface area (Å²) >= 11 is 3.63. The van der Waals surface area contributed by atoms with E-state index in [1.54, 1.807) is 17.7 Å². The molecule has 0 aliphatic carbocycles. The lowest BCUT2D eigenvalue weighted by Gasteiger charge is -2.23. The zero-order valence-corrected chi connectivity index (χ0v) is 13.2. The summed E-state index contributed by atoms with van der Waals surface area (Å²) in [5.41, 5.74) is 1.34. The van der Waals surface area contributed by atoms with Crippen molar-refractivity contribution in [1.82, 2.24) is 20.1 Å². The minimum Gasteiger partial charge on any atom is -0.307 e. The fourth-order valence-electron chi connectivity index (χ4n) is 2.69. The second kappa shape index (κ2) is 5.71. The number of rotatable bonds is 4. The third-order valence-electron chi connectivity index (χ3n) is 3.83. The molecule has 1 aliphatic rings. The first-order chi connectivity index (χ1) is 10.4. The highest BCUT2D eigenvalue weighted by atomic mass is 32.1. The molecule has 0 fully saturated rings. The average molecular weight is 316 g/mol. The summed E-state index contributed by atoms with van der Waals surface area (Å²) in [5, 5.41) is 12.3. The number of nitrogens with zero attached hydrogens (tertiary/aromatic N) is 3. The van der Waals surface area contributed by atoms with Gasteiger partial charge >= 0.3 is 0 Å². The van der Waals surface area contributed by atoms with Gasteiger partial charge in [-0.1, -0.05) is 6.07 Å². The predicted octanol–water partition coefficient (Wildman–Crippen LogP) is 3.17. The van der Waals surface area contributed by atoms with Crippen molar-refractivity contribution >= 4 is 22.7 Å². The Kier molecular flexibility index (Phi) is 3.58. The summed E-state index contributed by atoms with van der Waals surface area (Å²) in [4.78, 5) is 7.01. The molecule has 0 amide bonds. The Hall–Kier alpha value is -1.50. The van der Waals surface area contributed by atoms with Gasteiger partial charge in [-0.05, 0) is 29.3 Å². The minimum absolute atomic E-state index is 0.492. The van der Waals surface area contributed by atoms with Crippen LogP contribution >= 0.6 is 22.7 Å². The molecule has 1 atom stereocenters. The molecule has 0 radical (unpaired) electrons. The molecule has 1 aliphatic heterocycles. The van der Waals surface area contributed by atoms with E-state index in [2.05, 4.69) is 44.4 Å². The Morgan fingerprint density at radius 3 is 3.29 bits per heavy atom. The lowest BCUT2D eigenvalue weighted by atomic mass is 10.1. The van der Waals surface area contributed by atoms with Crippen LogP contribution in [0, 0.1) is 0 Å². The van der Waals surface area contributed by atoms with E-state index in [9.17, 15) is 0 Å². The lowest BCUT2D eigenvalue weighted by Crippen LogP contribution is -2.37. The van der Waals surface area contributed by atoms with Crippen LogP contribution in [0.15, 0.2) is 35.3 Å². The highest BCUT2D eigenvalue weighted by Crippen LogP contribution is 2.29. The Balaban J connectivity index is 1.37. The van der Waals surface area contributed by atoms with E-state index in [4.69, 9.17) is 0 Å². The average Bonchev–Trinajstić information content (AvgIpc) is 3.24. The summed E-state index contributed by atoms with van der Waals surface area (Å²) in [6.45, 7) is 1.86. The van der Waals surface area contributed by atoms with E-state index in [0.717, 1.165) is 31.8 Å². The van der Waals surface area contributed by atoms with E-state index in [1.807, 2.05) is 16.0 Å². The lowest BCUT2D eigenvalue weighted by molar-refractivity contribution is 0.359. The maximum atomic E-state index is 4.27. The fraction of sp³-hybridized carbons (Fsp3) is 0.333. The van der Waals surface area contributed by atoms with Gasteiger partial charge in [-0.3, -0.25) is 0 Å². The first-order valence-corrected chi connectivity index (χ1v) is 8.86. The van der Waals surface area contributed by atoms with Crippen LogP contribution in [0.1, 0.15) is 17.1 Å². The van der Waals surface area contributed by atoms with Crippen molar-refractivity contribution in [2.75, 3.05) is 0 Å². The number of hydrogen-bond donors (Lipinski definition) is 1. The van der Waals surface area contributed by atoms with Crippen LogP contribution in [0.3, 0.4) is 0 Å². The molecule has 21 heavy (non-hydrogen) atoms. The van der Waals surface area contributed by atoms with Crippen LogP contribution in [-0.4, -0.2) is 20.8 Å². The molecule has 6 heteroatoms. The molecule has 1 N–H and O–H groups in total. The first kappa shape index (κ1) is 13.2. The molecule has 0 aromatic carbocycles. The zero-order chi connectivity index (χ0) is 14.1. The molecular formula is C15H16N4S2. The SMILES string of the molecule is c1csc(-c2csc(CNC3CCc4ncnn4C3)c2)c1. The highest BCUT2D eigenvalue weighted by molar-refractivity contribution is 7.14. The smallest absolute Gasteiger partial charge is 0.138 e. The van der Waals surface area contributed by atoms with Crippen LogP contribution < -0.4 is 5.32 Å². The molecule has 108 valence electrons. The van der Waals surface area contributed by atoms with Crippen molar-refractivity contribution in [1.29, 1.82) is 0 Å². The maximum absolute atomic E-state index is 4.27. The standard InChI is InChI=1S/C15H16N4S2/c1-2-14(20-5-1)11-6-13(21-9-11)7-16-12-3-4-15-17-10-18-19(15)8-12/h1-2,5-6,9-10,12,16H,3-4,7-8H2. The molecule has 3 aromatic rings. The Morgan fingerprint density at radius 2 is 2.38 bits per heavy atom. The molecule has 4 heterocycles. The monoisotopic (exact) mass is 316 g/mol. The van der Waals surface area contributed by atoms with Gasteiger partial charge in [-0.15, -0.1) is 22.7 Å². The molecule has 0 bridgehead atoms. The second-order valence-electron chi connectivity index (χ2n) is 5.25. The second-order valence-corrected chi connectivity index (χ2v) is 7.20. The molecule has 0 spiro atoms. The van der Waals surface area contributed by atoms with Gasteiger partial charge in [0.05, 0.1) is 6.54 Å². The number of hydrogen-bond acceptors (Lipinski definition) is 5. The molecule has 0 saturated heterocycles. The number of aryl methyl sites for hydroxylation is 1. The summed E-state index contributed by atoms with van der Waals surface area (Å²) < 4.78 is 2.02. The maximum Gasteiger partial charge on any atom is 0.138 e. The number of fused-ring (bicyclic) bond motifs is 1. The molecule has 4 rings (SSSR count). The van der Waals surface area contributed by atoms with Crippen LogP contribution in [0.4, 0.5) is 0 Å². The van der Waals surface area contributed by atoms with Gasteiger partial charge in [-0.25, -0.2) is 9.67 Å². The van der Waals surface area contributed by atoms with Crippen molar-refractivity contribution in [2.45, 2.75) is 32.0 Å². The largest absolute Gasteiger partial charge is 0.307 e. The van der Waals surface area contributed by atoms with Crippen molar-refractivity contribution in [3.8, 4) is 10.4 Å². The van der Waals surface area contributed by atoms with Crippen LogP contribution in [0.2, 0.25) is 0 Å². The van der Waals surface area contributed by atoms with E-state index < -0.39 is 0 Å². The van der Waals surface area contributed by atoms with E-state index in [1.165, 1.54) is 15.3 Å². The van der Waals surface area contributed by atoms with Gasteiger partial charge < -0.3 is 5.32 Å². The topological polar surface area (TPSA) is 42.7 Å². The molecular weight excluding hydrogens is 300 g/mol. The minimum atomic E-state index is 0.492. The van der Waals surface area contributed by atoms with Crippen molar-refractivity contribution in [2.24, 2.45) is 0 Å². The third-order valence-corrected chi connectivity index (χ3v) is 5.69. The summed E-state index contributed by atoms with van der Waals surface area (Å²) in [7, 11) is 0. The van der Waals surface area contributed by atoms with Gasteiger partial charge in [0.25, 0.3) is 0 Å². The Labute approximate surface area is 131 Å². The van der Waals surface area contributed by atoms with Crippen molar-refractivity contribution in [3.05, 3.63) is 46.0 Å². The van der Waals surface area contributed by atoms with E-state index in [-0.39, 0.29) is 0 Å². The molecule has 4 nitrogen and oxygen atoms in total. The first-order valence-electron chi connectivity index (χ1n) is 7.10. The summed E-state index contributed by atoms with van der Waals surface area (Å²) in [5.74, 6) is 1.11. The number of nitrogens with one attached hydrogen (secondary N) is 1. The number of aromatic nitrogens is 3. The van der Waals surface area contributed by atoms with Crippen LogP contribution in [0.5, 0.6) is 0 Å². The van der Waals surface area contributed by atoms with Gasteiger partial charge in [0.2, 0.25) is 0 Å². The predicted molar refractivity (Wildman–Crippen MR) is 86.6 cm³/mol. The quantitative estimate of drug-likeness (QED) is 0.804. The van der Waals surface area contributed by atoms with Crippen LogP contribution in [0.25, 0.3) is 10.4 Å². The van der Waals surface area contributed by atoms with Gasteiger partial charge in [0.1, 0.15) is 12.2 Å². The molecule has 1 unspecified atom stereocenters. The fourth-order valence-corrected chi connectivity index (χ4v) is 4.32. The molecule has 0 saturated carbocycles. The van der Waals surface area contributed by atoms with E-state index >= 15 is 0 Å². The van der Waals surface area contributed by atoms with E-state index in [0.29, 0.717) is 6.04 Å². The molecule has 3 aromatic heterocycles. The summed E-state index contributed by atoms with van der Waals surface area (Å²) in [6.07, 6.45) is 3.81.